The fourth-order valence-corrected chi connectivity index (χ4v) is 8.60. The predicted octanol–water partition coefficient (Wildman–Crippen LogP) is 1.86. The molecule has 6 rings (SSSR count). The highest BCUT2D eigenvalue weighted by Crippen LogP contribution is 2.37. The summed E-state index contributed by atoms with van der Waals surface area (Å²) in [6.45, 7) is 7.11. The van der Waals surface area contributed by atoms with E-state index < -0.39 is 95.9 Å². The zero-order valence-corrected chi connectivity index (χ0v) is 36.5. The molecule has 4 aromatic rings. The molecule has 18 heteroatoms. The third kappa shape index (κ3) is 9.50. The first-order valence-corrected chi connectivity index (χ1v) is 21.1. The standard InChI is InChI=1S/C44H60F2N8O8/c1-21(47-5)41(57)51-38(23(3)61-7)43(59)53-13-11-36(55)34(53)16-25-15-27(46)18-32-29(25)19-33(49-32)40-30(28-10-9-26(45)17-31(28)50-40)20-35-37(56)12-14-54(35)44(60)39(24(4)62-8)52-42(58)22(2)48-6/h9-10,15,17-19,21-24,34-39,47-50,55-56H,11-14,16,20H2,1-8H3,(H,51,57)(H,52,58)/t21-,22-,23+,24+,34+,35+,36-,37-,38-,39-/m0/s1. The summed E-state index contributed by atoms with van der Waals surface area (Å²) in [5, 5.41) is 35.2. The molecule has 2 saturated heterocycles. The Bertz CT molecular complexity index is 2270. The van der Waals surface area contributed by atoms with Gasteiger partial charge in [-0.05, 0) is 115 Å². The van der Waals surface area contributed by atoms with E-state index >= 15 is 4.39 Å². The number of rotatable bonds is 17. The van der Waals surface area contributed by atoms with Crippen molar-refractivity contribution in [3.63, 3.8) is 0 Å². The van der Waals surface area contributed by atoms with Crippen molar-refractivity contribution in [3.8, 4) is 11.4 Å². The number of carbonyl (C=O) groups excluding carboxylic acids is 4. The van der Waals surface area contributed by atoms with E-state index in [2.05, 4.69) is 31.2 Å². The van der Waals surface area contributed by atoms with Crippen LogP contribution in [0, 0.1) is 11.6 Å². The lowest BCUT2D eigenvalue weighted by molar-refractivity contribution is -0.142. The van der Waals surface area contributed by atoms with Gasteiger partial charge in [-0.1, -0.05) is 0 Å². The van der Waals surface area contributed by atoms with E-state index in [-0.39, 0.29) is 38.8 Å². The van der Waals surface area contributed by atoms with E-state index in [0.717, 1.165) is 0 Å². The largest absolute Gasteiger partial charge is 0.391 e. The molecular formula is C44H60F2N8O8. The SMILES string of the molecule is CN[C@@H](C)C(=O)N[C@H](C(=O)N1CC[C@H](O)[C@H]1Cc1cc(F)cc2[nH]c(-c3[nH]c4cc(F)ccc4c3C[C@@H]3[C@@H](O)CCN3C(=O)[C@@H](NC(=O)[C@H](C)NC)[C@@H](C)OC)cc12)[C@@H](C)OC. The fourth-order valence-electron chi connectivity index (χ4n) is 8.60. The van der Waals surface area contributed by atoms with E-state index in [0.29, 0.717) is 44.3 Å². The number of methoxy groups -OCH3 is 2. The topological polar surface area (TPSA) is 213 Å². The number of halogens is 2. The first-order valence-electron chi connectivity index (χ1n) is 21.1. The van der Waals surface area contributed by atoms with Gasteiger partial charge in [0.1, 0.15) is 23.7 Å². The molecule has 0 spiro atoms. The van der Waals surface area contributed by atoms with Gasteiger partial charge in [-0.3, -0.25) is 19.2 Å². The van der Waals surface area contributed by atoms with Gasteiger partial charge < -0.3 is 60.7 Å². The number of hydrogen-bond acceptors (Lipinski definition) is 10. The lowest BCUT2D eigenvalue weighted by Gasteiger charge is -2.33. The molecular weight excluding hydrogens is 807 g/mol. The third-order valence-electron chi connectivity index (χ3n) is 12.8. The van der Waals surface area contributed by atoms with Crippen LogP contribution < -0.4 is 21.3 Å². The number of ether oxygens (including phenoxy) is 2. The lowest BCUT2D eigenvalue weighted by Crippen LogP contribution is -2.58. The summed E-state index contributed by atoms with van der Waals surface area (Å²) in [5.41, 5.74) is 3.10. The molecule has 0 unspecified atom stereocenters. The fraction of sp³-hybridized carbons (Fsp3) is 0.545. The molecule has 2 aromatic carbocycles. The van der Waals surface area contributed by atoms with Gasteiger partial charge >= 0.3 is 0 Å². The molecule has 0 aliphatic carbocycles. The van der Waals surface area contributed by atoms with Gasteiger partial charge in [0.15, 0.2) is 0 Å². The number of nitrogens with zero attached hydrogens (tertiary/aromatic N) is 2. The second-order valence-electron chi connectivity index (χ2n) is 16.6. The Morgan fingerprint density at radius 2 is 1.23 bits per heavy atom. The quantitative estimate of drug-likeness (QED) is 0.0772. The molecule has 62 heavy (non-hydrogen) atoms. The van der Waals surface area contributed by atoms with Crippen molar-refractivity contribution in [1.82, 2.24) is 41.0 Å². The molecule has 4 heterocycles. The number of aliphatic hydroxyl groups excluding tert-OH is 2. The van der Waals surface area contributed by atoms with Crippen LogP contribution in [0.15, 0.2) is 36.4 Å². The smallest absolute Gasteiger partial charge is 0.248 e. The van der Waals surface area contributed by atoms with Crippen molar-refractivity contribution in [2.24, 2.45) is 0 Å². The van der Waals surface area contributed by atoms with Crippen molar-refractivity contribution < 1.29 is 47.6 Å². The molecule has 10 atom stereocenters. The molecule has 2 aliphatic rings. The second-order valence-corrected chi connectivity index (χ2v) is 16.6. The first-order chi connectivity index (χ1) is 29.5. The molecule has 4 amide bonds. The number of likely N-dealkylation sites (tertiary alicyclic amines) is 2. The van der Waals surface area contributed by atoms with Crippen LogP contribution in [-0.2, 0) is 41.5 Å². The Morgan fingerprint density at radius 3 is 1.74 bits per heavy atom. The van der Waals surface area contributed by atoms with E-state index in [1.165, 1.54) is 43.4 Å². The second kappa shape index (κ2) is 19.6. The van der Waals surface area contributed by atoms with Crippen LogP contribution in [0.4, 0.5) is 8.78 Å². The van der Waals surface area contributed by atoms with Crippen molar-refractivity contribution in [3.05, 3.63) is 59.2 Å². The monoisotopic (exact) mass is 866 g/mol. The van der Waals surface area contributed by atoms with Crippen LogP contribution in [0.25, 0.3) is 33.2 Å². The molecule has 2 fully saturated rings. The minimum atomic E-state index is -1.05. The van der Waals surface area contributed by atoms with Crippen LogP contribution in [0.1, 0.15) is 51.7 Å². The number of aromatic amines is 2. The minimum absolute atomic E-state index is 0.0776. The van der Waals surface area contributed by atoms with E-state index in [1.54, 1.807) is 52.8 Å². The summed E-state index contributed by atoms with van der Waals surface area (Å²) in [5.74, 6) is -2.68. The van der Waals surface area contributed by atoms with E-state index in [9.17, 15) is 33.8 Å². The van der Waals surface area contributed by atoms with Gasteiger partial charge in [-0.15, -0.1) is 0 Å². The Hall–Kier alpha value is -4.98. The summed E-state index contributed by atoms with van der Waals surface area (Å²) < 4.78 is 41.2. The average Bonchev–Trinajstić information content (AvgIpc) is 4.04. The van der Waals surface area contributed by atoms with Crippen molar-refractivity contribution >= 4 is 45.4 Å². The predicted molar refractivity (Wildman–Crippen MR) is 229 cm³/mol. The average molecular weight is 867 g/mol. The molecule has 8 N–H and O–H groups in total. The Kier molecular flexibility index (Phi) is 14.7. The summed E-state index contributed by atoms with van der Waals surface area (Å²) >= 11 is 0. The number of fused-ring (bicyclic) bond motifs is 2. The number of carbonyl (C=O) groups is 4. The zero-order valence-electron chi connectivity index (χ0n) is 36.5. The molecule has 2 aliphatic heterocycles. The molecule has 0 saturated carbocycles. The van der Waals surface area contributed by atoms with Gasteiger partial charge in [-0.25, -0.2) is 8.78 Å². The number of aromatic nitrogens is 2. The Balaban J connectivity index is 1.35. The van der Waals surface area contributed by atoms with Gasteiger partial charge in [0.2, 0.25) is 23.6 Å². The van der Waals surface area contributed by atoms with Crippen LogP contribution in [0.3, 0.4) is 0 Å². The number of amides is 4. The molecule has 16 nitrogen and oxygen atoms in total. The number of benzene rings is 2. The molecule has 0 radical (unpaired) electrons. The molecule has 2 aromatic heterocycles. The minimum Gasteiger partial charge on any atom is -0.391 e. The van der Waals surface area contributed by atoms with Gasteiger partial charge in [-0.2, -0.15) is 0 Å². The molecule has 0 bridgehead atoms. The highest BCUT2D eigenvalue weighted by Gasteiger charge is 2.43. The van der Waals surface area contributed by atoms with Crippen LogP contribution in [0.2, 0.25) is 0 Å². The third-order valence-corrected chi connectivity index (χ3v) is 12.8. The Labute approximate surface area is 359 Å². The van der Waals surface area contributed by atoms with Crippen molar-refractivity contribution in [1.29, 1.82) is 0 Å². The number of hydrogen-bond donors (Lipinski definition) is 8. The summed E-state index contributed by atoms with van der Waals surface area (Å²) in [6.07, 6.45) is -2.49. The van der Waals surface area contributed by atoms with Gasteiger partial charge in [0.05, 0.1) is 60.0 Å². The van der Waals surface area contributed by atoms with E-state index in [4.69, 9.17) is 9.47 Å². The lowest BCUT2D eigenvalue weighted by atomic mass is 9.96. The van der Waals surface area contributed by atoms with Gasteiger partial charge in [0, 0.05) is 49.1 Å². The highest BCUT2D eigenvalue weighted by atomic mass is 19.1. The summed E-state index contributed by atoms with van der Waals surface area (Å²) in [7, 11) is 6.15. The molecule has 338 valence electrons. The van der Waals surface area contributed by atoms with Crippen molar-refractivity contribution in [2.45, 2.75) is 114 Å². The summed E-state index contributed by atoms with van der Waals surface area (Å²) in [6, 6.07) is 4.08. The maximum absolute atomic E-state index is 15.5. The highest BCUT2D eigenvalue weighted by molar-refractivity contribution is 5.95. The van der Waals surface area contributed by atoms with Crippen LogP contribution >= 0.6 is 0 Å². The maximum atomic E-state index is 15.5. The zero-order chi connectivity index (χ0) is 45.2. The van der Waals surface area contributed by atoms with Crippen molar-refractivity contribution in [2.75, 3.05) is 41.4 Å². The maximum Gasteiger partial charge on any atom is 0.248 e. The van der Waals surface area contributed by atoms with Crippen LogP contribution in [-0.4, -0.2) is 156 Å². The number of aliphatic hydroxyl groups is 2. The first kappa shape index (κ1) is 46.5. The van der Waals surface area contributed by atoms with Gasteiger partial charge in [0.25, 0.3) is 0 Å². The van der Waals surface area contributed by atoms with E-state index in [1.807, 2.05) is 6.07 Å². The number of likely N-dealkylation sites (N-methyl/N-ethyl adjacent to an activating group) is 2. The van der Waals surface area contributed by atoms with Crippen LogP contribution in [0.5, 0.6) is 0 Å². The number of nitrogens with one attached hydrogen (secondary N) is 6. The Morgan fingerprint density at radius 1 is 0.726 bits per heavy atom. The number of H-pyrrole nitrogens is 2. The normalized spacial score (nSPS) is 22.1. The summed E-state index contributed by atoms with van der Waals surface area (Å²) in [4.78, 5) is 63.9.